The third-order valence-electron chi connectivity index (χ3n) is 2.33. The molecule has 0 fully saturated rings. The number of thioether (sulfide) groups is 1. The molecule has 0 aliphatic carbocycles. The van der Waals surface area contributed by atoms with Gasteiger partial charge in [-0.2, -0.15) is 0 Å². The minimum Gasteiger partial charge on any atom is -0.258 e. The SMILES string of the molecule is O=[N+]([O-])c1cccc(CSc2ccc(Cl)cn2)c1Br. The van der Waals surface area contributed by atoms with Gasteiger partial charge in [-0.05, 0) is 33.6 Å². The van der Waals surface area contributed by atoms with Crippen LogP contribution in [0.4, 0.5) is 5.69 Å². The number of halogens is 2. The predicted molar refractivity (Wildman–Crippen MR) is 79.6 cm³/mol. The zero-order chi connectivity index (χ0) is 13.8. The summed E-state index contributed by atoms with van der Waals surface area (Å²) in [6, 6.07) is 8.57. The minimum atomic E-state index is -0.404. The molecule has 19 heavy (non-hydrogen) atoms. The van der Waals surface area contributed by atoms with E-state index < -0.39 is 4.92 Å². The lowest BCUT2D eigenvalue weighted by Crippen LogP contribution is -1.92. The van der Waals surface area contributed by atoms with Crippen LogP contribution in [0.25, 0.3) is 0 Å². The Bertz CT molecular complexity index is 607. The molecule has 0 amide bonds. The zero-order valence-electron chi connectivity index (χ0n) is 9.55. The molecular weight excluding hydrogens is 352 g/mol. The first-order valence-electron chi connectivity index (χ1n) is 5.24. The molecule has 0 aliphatic rings. The molecule has 0 N–H and O–H groups in total. The molecule has 0 saturated heterocycles. The normalized spacial score (nSPS) is 10.4. The van der Waals surface area contributed by atoms with Crippen LogP contribution in [0.2, 0.25) is 5.02 Å². The molecule has 1 aromatic heterocycles. The maximum Gasteiger partial charge on any atom is 0.283 e. The van der Waals surface area contributed by atoms with Gasteiger partial charge >= 0.3 is 0 Å². The van der Waals surface area contributed by atoms with Gasteiger partial charge in [-0.3, -0.25) is 10.1 Å². The van der Waals surface area contributed by atoms with Gasteiger partial charge in [-0.15, -0.1) is 11.8 Å². The Morgan fingerprint density at radius 2 is 2.16 bits per heavy atom. The lowest BCUT2D eigenvalue weighted by atomic mass is 10.2. The van der Waals surface area contributed by atoms with Crippen molar-refractivity contribution in [3.63, 3.8) is 0 Å². The van der Waals surface area contributed by atoms with E-state index in [2.05, 4.69) is 20.9 Å². The van der Waals surface area contributed by atoms with Gasteiger partial charge in [0, 0.05) is 18.0 Å². The van der Waals surface area contributed by atoms with E-state index >= 15 is 0 Å². The van der Waals surface area contributed by atoms with Crippen molar-refractivity contribution in [3.8, 4) is 0 Å². The predicted octanol–water partition coefficient (Wildman–Crippen LogP) is 4.70. The van der Waals surface area contributed by atoms with E-state index in [1.54, 1.807) is 18.3 Å². The number of benzene rings is 1. The van der Waals surface area contributed by atoms with Crippen molar-refractivity contribution in [2.24, 2.45) is 0 Å². The van der Waals surface area contributed by atoms with Gasteiger partial charge in [0.05, 0.1) is 19.4 Å². The first-order chi connectivity index (χ1) is 9.08. The highest BCUT2D eigenvalue weighted by Gasteiger charge is 2.14. The zero-order valence-corrected chi connectivity index (χ0v) is 12.7. The second-order valence-corrected chi connectivity index (χ2v) is 5.84. The summed E-state index contributed by atoms with van der Waals surface area (Å²) in [6.45, 7) is 0. The highest BCUT2D eigenvalue weighted by Crippen LogP contribution is 2.32. The van der Waals surface area contributed by atoms with E-state index in [1.165, 1.54) is 17.8 Å². The van der Waals surface area contributed by atoms with E-state index in [-0.39, 0.29) is 5.69 Å². The quantitative estimate of drug-likeness (QED) is 0.451. The number of hydrogen-bond donors (Lipinski definition) is 0. The fraction of sp³-hybridized carbons (Fsp3) is 0.0833. The lowest BCUT2D eigenvalue weighted by molar-refractivity contribution is -0.385. The minimum absolute atomic E-state index is 0.0714. The Morgan fingerprint density at radius 3 is 2.79 bits per heavy atom. The molecule has 2 aromatic rings. The molecule has 7 heteroatoms. The van der Waals surface area contributed by atoms with Crippen molar-refractivity contribution < 1.29 is 4.92 Å². The molecule has 0 spiro atoms. The standard InChI is InChI=1S/C12H8BrClN2O2S/c13-12-8(2-1-3-10(12)16(17)18)7-19-11-5-4-9(14)6-15-11/h1-6H,7H2. The average Bonchev–Trinajstić information content (AvgIpc) is 2.39. The van der Waals surface area contributed by atoms with Crippen molar-refractivity contribution in [3.05, 3.63) is 61.7 Å². The molecule has 0 atom stereocenters. The van der Waals surface area contributed by atoms with Crippen LogP contribution in [-0.4, -0.2) is 9.91 Å². The summed E-state index contributed by atoms with van der Waals surface area (Å²) >= 11 is 10.5. The summed E-state index contributed by atoms with van der Waals surface area (Å²) in [5.41, 5.74) is 0.929. The van der Waals surface area contributed by atoms with Crippen LogP contribution in [0, 0.1) is 10.1 Å². The van der Waals surface area contributed by atoms with Crippen molar-refractivity contribution >= 4 is 45.0 Å². The van der Waals surface area contributed by atoms with Crippen LogP contribution in [0.1, 0.15) is 5.56 Å². The van der Waals surface area contributed by atoms with Crippen molar-refractivity contribution in [1.29, 1.82) is 0 Å². The second-order valence-electron chi connectivity index (χ2n) is 3.61. The molecule has 0 aliphatic heterocycles. The molecule has 0 radical (unpaired) electrons. The Labute approximate surface area is 127 Å². The fourth-order valence-corrected chi connectivity index (χ4v) is 3.10. The lowest BCUT2D eigenvalue weighted by Gasteiger charge is -2.04. The van der Waals surface area contributed by atoms with E-state index in [4.69, 9.17) is 11.6 Å². The third kappa shape index (κ3) is 3.68. The number of aromatic nitrogens is 1. The number of hydrogen-bond acceptors (Lipinski definition) is 4. The van der Waals surface area contributed by atoms with Gasteiger partial charge < -0.3 is 0 Å². The maximum absolute atomic E-state index is 10.8. The monoisotopic (exact) mass is 358 g/mol. The Balaban J connectivity index is 2.13. The number of nitro benzene ring substituents is 1. The third-order valence-corrected chi connectivity index (χ3v) is 4.46. The first-order valence-corrected chi connectivity index (χ1v) is 7.39. The molecule has 2 rings (SSSR count). The molecule has 0 saturated carbocycles. The Kier molecular flexibility index (Phi) is 4.79. The largest absolute Gasteiger partial charge is 0.283 e. The number of nitrogens with zero attached hydrogens (tertiary/aromatic N) is 2. The summed E-state index contributed by atoms with van der Waals surface area (Å²) in [4.78, 5) is 14.6. The topological polar surface area (TPSA) is 56.0 Å². The summed E-state index contributed by atoms with van der Waals surface area (Å²) in [5.74, 6) is 0.594. The average molecular weight is 360 g/mol. The summed E-state index contributed by atoms with van der Waals surface area (Å²) in [5, 5.41) is 12.2. The van der Waals surface area contributed by atoms with Crippen molar-refractivity contribution in [2.75, 3.05) is 0 Å². The molecular formula is C12H8BrClN2O2S. The number of nitro groups is 1. The van der Waals surface area contributed by atoms with Gasteiger partial charge in [-0.1, -0.05) is 23.7 Å². The fourth-order valence-electron chi connectivity index (χ4n) is 1.42. The van der Waals surface area contributed by atoms with Gasteiger partial charge in [0.15, 0.2) is 0 Å². The van der Waals surface area contributed by atoms with Crippen molar-refractivity contribution in [1.82, 2.24) is 4.98 Å². The van der Waals surface area contributed by atoms with Crippen LogP contribution in [-0.2, 0) is 5.75 Å². The van der Waals surface area contributed by atoms with Crippen molar-refractivity contribution in [2.45, 2.75) is 10.8 Å². The summed E-state index contributed by atoms with van der Waals surface area (Å²) in [7, 11) is 0. The summed E-state index contributed by atoms with van der Waals surface area (Å²) < 4.78 is 0.515. The van der Waals surface area contributed by atoms with E-state index in [0.717, 1.165) is 10.6 Å². The highest BCUT2D eigenvalue weighted by atomic mass is 79.9. The van der Waals surface area contributed by atoms with Crippen LogP contribution in [0.15, 0.2) is 46.0 Å². The van der Waals surface area contributed by atoms with Gasteiger partial charge in [-0.25, -0.2) is 4.98 Å². The highest BCUT2D eigenvalue weighted by molar-refractivity contribution is 9.10. The number of rotatable bonds is 4. The smallest absolute Gasteiger partial charge is 0.258 e. The van der Waals surface area contributed by atoms with E-state index in [9.17, 15) is 10.1 Å². The molecule has 4 nitrogen and oxygen atoms in total. The maximum atomic E-state index is 10.8. The van der Waals surface area contributed by atoms with E-state index in [0.29, 0.717) is 15.2 Å². The molecule has 1 aromatic carbocycles. The van der Waals surface area contributed by atoms with Crippen LogP contribution in [0.3, 0.4) is 0 Å². The first kappa shape index (κ1) is 14.3. The second kappa shape index (κ2) is 6.36. The van der Waals surface area contributed by atoms with Crippen LogP contribution >= 0.6 is 39.3 Å². The van der Waals surface area contributed by atoms with Gasteiger partial charge in [0.2, 0.25) is 0 Å². The van der Waals surface area contributed by atoms with Gasteiger partial charge in [0.25, 0.3) is 5.69 Å². The molecule has 0 bridgehead atoms. The van der Waals surface area contributed by atoms with Gasteiger partial charge in [0.1, 0.15) is 0 Å². The molecule has 0 unspecified atom stereocenters. The van der Waals surface area contributed by atoms with Crippen LogP contribution in [0.5, 0.6) is 0 Å². The summed E-state index contributed by atoms with van der Waals surface area (Å²) in [6.07, 6.45) is 1.58. The Hall–Kier alpha value is -1.11. The molecule has 98 valence electrons. The van der Waals surface area contributed by atoms with E-state index in [1.807, 2.05) is 12.1 Å². The van der Waals surface area contributed by atoms with Crippen LogP contribution < -0.4 is 0 Å². The Morgan fingerprint density at radius 1 is 1.37 bits per heavy atom. The molecule has 1 heterocycles. The number of pyridine rings is 1.